The van der Waals surface area contributed by atoms with E-state index in [1.165, 1.54) is 30.8 Å². The van der Waals surface area contributed by atoms with Gasteiger partial charge in [0.2, 0.25) is 0 Å². The largest absolute Gasteiger partial charge is 0.447 e. The van der Waals surface area contributed by atoms with Crippen LogP contribution >= 0.6 is 0 Å². The number of nitrogens with one attached hydrogen (secondary N) is 1. The summed E-state index contributed by atoms with van der Waals surface area (Å²) in [5, 5.41) is 22.4. The molecule has 0 atom stereocenters. The average molecular weight is 244 g/mol. The molecule has 0 aliphatic rings. The first-order valence-electron chi connectivity index (χ1n) is 5.00. The number of nitro groups is 1. The fourth-order valence-corrected chi connectivity index (χ4v) is 1.41. The molecule has 90 valence electrons. The maximum absolute atomic E-state index is 10.9. The first-order valence-corrected chi connectivity index (χ1v) is 5.00. The monoisotopic (exact) mass is 244 g/mol. The van der Waals surface area contributed by atoms with Crippen LogP contribution in [0.4, 0.5) is 11.4 Å². The zero-order valence-electron chi connectivity index (χ0n) is 9.16. The fraction of sp³-hybridized carbons (Fsp3) is 0.0909. The molecule has 0 spiro atoms. The second-order valence-corrected chi connectivity index (χ2v) is 3.42. The van der Waals surface area contributed by atoms with Gasteiger partial charge in [0.15, 0.2) is 6.39 Å². The number of oxazole rings is 1. The van der Waals surface area contributed by atoms with Crippen LogP contribution in [0.3, 0.4) is 0 Å². The third kappa shape index (κ3) is 2.44. The minimum Gasteiger partial charge on any atom is -0.447 e. The van der Waals surface area contributed by atoms with Crippen molar-refractivity contribution in [1.29, 1.82) is 5.26 Å². The summed E-state index contributed by atoms with van der Waals surface area (Å²) in [5.74, 6) is 0.564. The zero-order valence-corrected chi connectivity index (χ0v) is 9.16. The maximum atomic E-state index is 10.9. The van der Waals surface area contributed by atoms with Crippen LogP contribution in [0.5, 0.6) is 0 Å². The summed E-state index contributed by atoms with van der Waals surface area (Å²) in [7, 11) is 0. The average Bonchev–Trinajstić information content (AvgIpc) is 2.89. The summed E-state index contributed by atoms with van der Waals surface area (Å²) in [6.07, 6.45) is 2.80. The van der Waals surface area contributed by atoms with Crippen molar-refractivity contribution in [1.82, 2.24) is 4.98 Å². The van der Waals surface area contributed by atoms with Gasteiger partial charge in [0.05, 0.1) is 29.3 Å². The standard InChI is InChI=1S/C11H8N4O3/c12-4-8-1-2-10(11(3-8)15(16)17)14-6-9-5-13-7-18-9/h1-3,5,7,14H,6H2. The van der Waals surface area contributed by atoms with E-state index in [-0.39, 0.29) is 17.8 Å². The molecule has 1 N–H and O–H groups in total. The second kappa shape index (κ2) is 4.97. The molecule has 0 fully saturated rings. The summed E-state index contributed by atoms with van der Waals surface area (Å²) >= 11 is 0. The minimum atomic E-state index is -0.538. The quantitative estimate of drug-likeness (QED) is 0.651. The molecule has 1 aromatic heterocycles. The molecule has 0 bridgehead atoms. The molecule has 2 aromatic rings. The van der Waals surface area contributed by atoms with Crippen LogP contribution < -0.4 is 5.32 Å². The predicted molar refractivity (Wildman–Crippen MR) is 61.6 cm³/mol. The summed E-state index contributed by atoms with van der Waals surface area (Å²) in [6, 6.07) is 6.09. The topological polar surface area (TPSA) is 105 Å². The number of rotatable bonds is 4. The van der Waals surface area contributed by atoms with Crippen molar-refractivity contribution in [2.75, 3.05) is 5.32 Å². The Kier molecular flexibility index (Phi) is 3.20. The lowest BCUT2D eigenvalue weighted by Crippen LogP contribution is -2.02. The fourth-order valence-electron chi connectivity index (χ4n) is 1.41. The highest BCUT2D eigenvalue weighted by Gasteiger charge is 2.14. The van der Waals surface area contributed by atoms with Gasteiger partial charge in [0, 0.05) is 6.07 Å². The molecule has 0 amide bonds. The zero-order chi connectivity index (χ0) is 13.0. The van der Waals surface area contributed by atoms with Crippen molar-refractivity contribution < 1.29 is 9.34 Å². The van der Waals surface area contributed by atoms with E-state index in [1.807, 2.05) is 6.07 Å². The van der Waals surface area contributed by atoms with Crippen molar-refractivity contribution >= 4 is 11.4 Å². The number of nitro benzene ring substituents is 1. The summed E-state index contributed by atoms with van der Waals surface area (Å²) in [5.41, 5.74) is 0.427. The van der Waals surface area contributed by atoms with Gasteiger partial charge < -0.3 is 9.73 Å². The van der Waals surface area contributed by atoms with Crippen molar-refractivity contribution in [3.05, 3.63) is 52.2 Å². The van der Waals surface area contributed by atoms with Crippen LogP contribution in [0.2, 0.25) is 0 Å². The lowest BCUT2D eigenvalue weighted by molar-refractivity contribution is -0.384. The highest BCUT2D eigenvalue weighted by molar-refractivity contribution is 5.63. The van der Waals surface area contributed by atoms with E-state index in [0.29, 0.717) is 11.4 Å². The molecule has 0 unspecified atom stereocenters. The molecule has 1 aromatic carbocycles. The van der Waals surface area contributed by atoms with Gasteiger partial charge in [-0.25, -0.2) is 4.98 Å². The van der Waals surface area contributed by atoms with Crippen LogP contribution in [-0.4, -0.2) is 9.91 Å². The highest BCUT2D eigenvalue weighted by Crippen LogP contribution is 2.25. The van der Waals surface area contributed by atoms with E-state index in [1.54, 1.807) is 0 Å². The van der Waals surface area contributed by atoms with E-state index < -0.39 is 4.92 Å². The van der Waals surface area contributed by atoms with Gasteiger partial charge in [-0.15, -0.1) is 0 Å². The number of hydrogen-bond donors (Lipinski definition) is 1. The molecule has 2 rings (SSSR count). The van der Waals surface area contributed by atoms with Crippen molar-refractivity contribution in [3.8, 4) is 6.07 Å². The van der Waals surface area contributed by atoms with E-state index >= 15 is 0 Å². The van der Waals surface area contributed by atoms with Crippen molar-refractivity contribution in [2.24, 2.45) is 0 Å². The molecule has 0 radical (unpaired) electrons. The molecule has 1 heterocycles. The molecular weight excluding hydrogens is 236 g/mol. The van der Waals surface area contributed by atoms with Crippen LogP contribution in [-0.2, 0) is 6.54 Å². The molecule has 18 heavy (non-hydrogen) atoms. The number of nitriles is 1. The molecule has 0 saturated carbocycles. The molecule has 0 saturated heterocycles. The Morgan fingerprint density at radius 3 is 3.00 bits per heavy atom. The van der Waals surface area contributed by atoms with Crippen LogP contribution in [0.15, 0.2) is 35.2 Å². The Bertz CT molecular complexity index is 601. The first kappa shape index (κ1) is 11.6. The Hall–Kier alpha value is -2.88. The predicted octanol–water partition coefficient (Wildman–Crippen LogP) is 2.07. The molecule has 0 aliphatic carbocycles. The summed E-state index contributed by atoms with van der Waals surface area (Å²) in [4.78, 5) is 14.1. The third-order valence-corrected chi connectivity index (χ3v) is 2.26. The van der Waals surface area contributed by atoms with E-state index in [0.717, 1.165) is 0 Å². The first-order chi connectivity index (χ1) is 8.70. The Balaban J connectivity index is 2.22. The molecule has 0 aliphatic heterocycles. The van der Waals surface area contributed by atoms with Gasteiger partial charge >= 0.3 is 0 Å². The summed E-state index contributed by atoms with van der Waals surface area (Å²) in [6.45, 7) is 0.284. The molecule has 7 nitrogen and oxygen atoms in total. The van der Waals surface area contributed by atoms with Crippen LogP contribution in [0.1, 0.15) is 11.3 Å². The lowest BCUT2D eigenvalue weighted by atomic mass is 10.2. The van der Waals surface area contributed by atoms with E-state index in [2.05, 4.69) is 10.3 Å². The molecular formula is C11H8N4O3. The van der Waals surface area contributed by atoms with Gasteiger partial charge in [-0.05, 0) is 12.1 Å². The normalized spacial score (nSPS) is 9.72. The van der Waals surface area contributed by atoms with E-state index in [9.17, 15) is 10.1 Å². The maximum Gasteiger partial charge on any atom is 0.293 e. The van der Waals surface area contributed by atoms with Gasteiger partial charge in [-0.1, -0.05) is 0 Å². The number of benzene rings is 1. The van der Waals surface area contributed by atoms with Crippen LogP contribution in [0, 0.1) is 21.4 Å². The number of nitrogens with zero attached hydrogens (tertiary/aromatic N) is 3. The van der Waals surface area contributed by atoms with Crippen molar-refractivity contribution in [2.45, 2.75) is 6.54 Å². The number of anilines is 1. The van der Waals surface area contributed by atoms with E-state index in [4.69, 9.17) is 9.68 Å². The number of hydrogen-bond acceptors (Lipinski definition) is 6. The molecule has 7 heteroatoms. The summed E-state index contributed by atoms with van der Waals surface area (Å²) < 4.78 is 5.00. The second-order valence-electron chi connectivity index (χ2n) is 3.42. The number of aromatic nitrogens is 1. The third-order valence-electron chi connectivity index (χ3n) is 2.26. The van der Waals surface area contributed by atoms with Gasteiger partial charge in [0.1, 0.15) is 11.4 Å². The highest BCUT2D eigenvalue weighted by atomic mass is 16.6. The Morgan fingerprint density at radius 1 is 1.56 bits per heavy atom. The Morgan fingerprint density at radius 2 is 2.39 bits per heavy atom. The van der Waals surface area contributed by atoms with Gasteiger partial charge in [0.25, 0.3) is 5.69 Å². The minimum absolute atomic E-state index is 0.145. The SMILES string of the molecule is N#Cc1ccc(NCc2cnco2)c([N+](=O)[O-])c1. The van der Waals surface area contributed by atoms with Gasteiger partial charge in [-0.2, -0.15) is 5.26 Å². The Labute approximate surface area is 102 Å². The van der Waals surface area contributed by atoms with Crippen molar-refractivity contribution in [3.63, 3.8) is 0 Å². The van der Waals surface area contributed by atoms with Crippen LogP contribution in [0.25, 0.3) is 0 Å². The van der Waals surface area contributed by atoms with Gasteiger partial charge in [-0.3, -0.25) is 10.1 Å². The smallest absolute Gasteiger partial charge is 0.293 e. The lowest BCUT2D eigenvalue weighted by Gasteiger charge is -2.05.